The van der Waals surface area contributed by atoms with Gasteiger partial charge in [0.2, 0.25) is 0 Å². The highest BCUT2D eigenvalue weighted by Gasteiger charge is 2.34. The number of aromatic nitrogens is 9. The Labute approximate surface area is 526 Å². The number of fused-ring (bicyclic) bond motifs is 3. The number of amides is 3. The number of rotatable bonds is 16. The van der Waals surface area contributed by atoms with Crippen LogP contribution in [0.5, 0.6) is 0 Å². The molecule has 3 aliphatic rings. The normalized spacial score (nSPS) is 16.7. The number of H-pyrrole nitrogens is 3. The van der Waals surface area contributed by atoms with Gasteiger partial charge in [-0.3, -0.25) is 14.4 Å². The zero-order valence-electron chi connectivity index (χ0n) is 51.0. The molecule has 25 nitrogen and oxygen atoms in total. The number of aromatic amines is 3. The quantitative estimate of drug-likeness (QED) is 0.0566. The Morgan fingerprint density at radius 1 is 0.527 bits per heavy atom. The highest BCUT2D eigenvalue weighted by Crippen LogP contribution is 2.30. The molecule has 3 aliphatic heterocycles. The molecule has 91 heavy (non-hydrogen) atoms. The molecule has 1 unspecified atom stereocenters. The molecule has 6 aromatic heterocycles. The highest BCUT2D eigenvalue weighted by atomic mass is 32.2. The number of hydrogen-bond acceptors (Lipinski definition) is 19. The second-order valence-corrected chi connectivity index (χ2v) is 33.5. The van der Waals surface area contributed by atoms with Crippen LogP contribution in [0.3, 0.4) is 0 Å². The minimum Gasteiger partial charge on any atom is -0.381 e. The first-order valence-corrected chi connectivity index (χ1v) is 35.9. The van der Waals surface area contributed by atoms with E-state index in [1.54, 1.807) is 127 Å². The van der Waals surface area contributed by atoms with Crippen molar-refractivity contribution in [3.63, 3.8) is 0 Å². The molecule has 0 spiro atoms. The lowest BCUT2D eigenvalue weighted by molar-refractivity contribution is -0.0978. The van der Waals surface area contributed by atoms with Crippen LogP contribution in [-0.4, -0.2) is 169 Å². The first-order valence-electron chi connectivity index (χ1n) is 29.4. The molecule has 6 N–H and O–H groups in total. The van der Waals surface area contributed by atoms with Gasteiger partial charge in [-0.05, 0) is 97.2 Å². The molecule has 0 radical (unpaired) electrons. The van der Waals surface area contributed by atoms with E-state index in [1.165, 1.54) is 24.5 Å². The van der Waals surface area contributed by atoms with E-state index in [1.807, 2.05) is 0 Å². The molecule has 9 aromatic rings. The summed E-state index contributed by atoms with van der Waals surface area (Å²) in [5, 5.41) is 7.22. The van der Waals surface area contributed by atoms with Crippen LogP contribution < -0.4 is 16.0 Å². The zero-order valence-corrected chi connectivity index (χ0v) is 54.2. The minimum atomic E-state index is -3.38. The van der Waals surface area contributed by atoms with Gasteiger partial charge in [0.1, 0.15) is 16.6 Å². The summed E-state index contributed by atoms with van der Waals surface area (Å²) < 4.78 is 108. The van der Waals surface area contributed by atoms with Crippen molar-refractivity contribution < 1.29 is 57.5 Å². The highest BCUT2D eigenvalue weighted by molar-refractivity contribution is 7.92. The smallest absolute Gasteiger partial charge is 0.255 e. The van der Waals surface area contributed by atoms with Gasteiger partial charge >= 0.3 is 0 Å². The van der Waals surface area contributed by atoms with Crippen LogP contribution in [0.4, 0.5) is 0 Å². The number of ether oxygens (including phenoxy) is 2. The second kappa shape index (κ2) is 26.5. The van der Waals surface area contributed by atoms with E-state index < -0.39 is 67.0 Å². The molecule has 9 heterocycles. The number of benzene rings is 3. The SMILES string of the molecule is CC(C)S(=O)(=O)c1ccc(-c2cnc3[nH]cc(C(=O)NC4CCOCC4)c3n2)cc1.CC(C)S(=O)(=O)c1ccc(-c2cnc3[nH]cc(C(=O)NC4CCS(=O)(=O)C4)c3n2)cc1.CC(C)S(=O)(=O)c1ccc(-c2cnc3[nH]cc(C(=O)NCC4(C)COC4)c3n2)cc1. The second-order valence-electron chi connectivity index (χ2n) is 23.7. The molecule has 0 bridgehead atoms. The molecule has 3 aromatic carbocycles. The lowest BCUT2D eigenvalue weighted by atomic mass is 9.89. The average Bonchev–Trinajstić information content (AvgIpc) is 1.85. The number of nitrogens with zero attached hydrogens (tertiary/aromatic N) is 6. The summed E-state index contributed by atoms with van der Waals surface area (Å²) in [6, 6.07) is 19.1. The van der Waals surface area contributed by atoms with Crippen molar-refractivity contribution in [2.75, 3.05) is 44.5 Å². The van der Waals surface area contributed by atoms with Crippen LogP contribution in [0.15, 0.2) is 125 Å². The zero-order chi connectivity index (χ0) is 65.2. The number of nitrogens with one attached hydrogen (secondary N) is 6. The molecule has 0 saturated carbocycles. The number of sulfone groups is 4. The van der Waals surface area contributed by atoms with Crippen molar-refractivity contribution in [1.82, 2.24) is 60.8 Å². The average molecular weight is 1320 g/mol. The van der Waals surface area contributed by atoms with E-state index in [-0.39, 0.29) is 55.0 Å². The molecule has 3 saturated heterocycles. The summed E-state index contributed by atoms with van der Waals surface area (Å²) in [4.78, 5) is 74.5. The lowest BCUT2D eigenvalue weighted by Crippen LogP contribution is -2.48. The Kier molecular flexibility index (Phi) is 19.1. The van der Waals surface area contributed by atoms with Gasteiger partial charge in [-0.15, -0.1) is 0 Å². The van der Waals surface area contributed by atoms with Gasteiger partial charge in [0.25, 0.3) is 17.7 Å². The summed E-state index contributed by atoms with van der Waals surface area (Å²) in [6.07, 6.45) is 11.4. The summed E-state index contributed by atoms with van der Waals surface area (Å²) >= 11 is 0. The van der Waals surface area contributed by atoms with Gasteiger partial charge in [-0.2, -0.15) is 0 Å². The van der Waals surface area contributed by atoms with Gasteiger partial charge in [-0.25, -0.2) is 63.6 Å². The lowest BCUT2D eigenvalue weighted by Gasteiger charge is -2.37. The standard InChI is InChI=1S/2C21H24N4O4S.C20H22N4O5S2/c1-13(2)30(27,28)15-6-4-14(5-7-15)17-9-23-19-18(25-17)16(8-22-19)20(26)24-10-21(3)11-29-12-21;1-13(2)30(27,28)16-5-3-14(4-6-16)18-12-23-20-19(25-18)17(11-22-20)21(26)24-15-7-9-29-10-8-15;1-12(2)31(28,29)15-5-3-13(4-6-15)17-10-22-19-18(24-17)16(9-21-19)20(25)23-14-7-8-30(26,27)11-14/h4-9,13H,10-12H2,1-3H3,(H,22,23)(H,24,26);3-6,11-13,15H,7-10H2,1-2H3,(H,22,23)(H,24,26);3-6,9-10,12,14H,7-8,11H2,1-2H3,(H,21,22)(H,23,25). The Bertz CT molecular complexity index is 4660. The van der Waals surface area contributed by atoms with Crippen LogP contribution in [0.1, 0.15) is 98.8 Å². The fourth-order valence-electron chi connectivity index (χ4n) is 10.1. The van der Waals surface area contributed by atoms with Gasteiger partial charge < -0.3 is 40.4 Å². The van der Waals surface area contributed by atoms with Crippen molar-refractivity contribution in [3.8, 4) is 33.8 Å². The van der Waals surface area contributed by atoms with Crippen molar-refractivity contribution >= 4 is 90.6 Å². The number of carbonyl (C=O) groups is 3. The van der Waals surface area contributed by atoms with Crippen LogP contribution in [0, 0.1) is 5.41 Å². The van der Waals surface area contributed by atoms with Crippen molar-refractivity contribution in [2.45, 2.75) is 110 Å². The topological polar surface area (TPSA) is 367 Å². The Morgan fingerprint density at radius 3 is 1.20 bits per heavy atom. The van der Waals surface area contributed by atoms with E-state index in [9.17, 15) is 48.1 Å². The number of hydrogen-bond donors (Lipinski definition) is 6. The molecule has 0 aliphatic carbocycles. The maximum Gasteiger partial charge on any atom is 0.255 e. The Balaban J connectivity index is 0.000000150. The molecule has 3 fully saturated rings. The first-order chi connectivity index (χ1) is 43.1. The maximum atomic E-state index is 12.7. The molecule has 480 valence electrons. The predicted octanol–water partition coefficient (Wildman–Crippen LogP) is 7.01. The van der Waals surface area contributed by atoms with Gasteiger partial charge in [0, 0.05) is 72.5 Å². The molecule has 3 amide bonds. The third-order valence-corrected chi connectivity index (χ3v) is 24.2. The van der Waals surface area contributed by atoms with Gasteiger partial charge in [0.05, 0.1) is 108 Å². The maximum absolute atomic E-state index is 12.7. The third-order valence-electron chi connectivity index (χ3n) is 15.9. The summed E-state index contributed by atoms with van der Waals surface area (Å²) in [7, 11) is -13.2. The summed E-state index contributed by atoms with van der Waals surface area (Å²) in [5.74, 6) is -0.836. The third kappa shape index (κ3) is 14.6. The van der Waals surface area contributed by atoms with Crippen molar-refractivity contribution in [1.29, 1.82) is 0 Å². The van der Waals surface area contributed by atoms with E-state index >= 15 is 0 Å². The monoisotopic (exact) mass is 1320 g/mol. The first kappa shape index (κ1) is 65.6. The Morgan fingerprint density at radius 2 is 0.879 bits per heavy atom. The van der Waals surface area contributed by atoms with Gasteiger partial charge in [-0.1, -0.05) is 43.3 Å². The summed E-state index contributed by atoms with van der Waals surface area (Å²) in [5.41, 5.74) is 7.58. The van der Waals surface area contributed by atoms with Crippen molar-refractivity contribution in [2.24, 2.45) is 5.41 Å². The molecular weight excluding hydrogens is 1250 g/mol. The minimum absolute atomic E-state index is 0.0311. The van der Waals surface area contributed by atoms with Gasteiger partial charge in [0.15, 0.2) is 56.3 Å². The van der Waals surface area contributed by atoms with E-state index in [2.05, 4.69) is 67.7 Å². The largest absolute Gasteiger partial charge is 0.381 e. The molecule has 1 atom stereocenters. The fraction of sp³-hybridized carbons (Fsp3) is 0.371. The van der Waals surface area contributed by atoms with Crippen molar-refractivity contribution in [3.05, 3.63) is 127 Å². The van der Waals surface area contributed by atoms with Crippen LogP contribution in [-0.2, 0) is 48.8 Å². The van der Waals surface area contributed by atoms with Crippen LogP contribution >= 0.6 is 0 Å². The van der Waals surface area contributed by atoms with E-state index in [0.717, 1.165) is 24.0 Å². The molecule has 12 rings (SSSR count). The molecule has 29 heteroatoms. The van der Waals surface area contributed by atoms with E-state index in [4.69, 9.17) is 9.47 Å². The van der Waals surface area contributed by atoms with Crippen LogP contribution in [0.2, 0.25) is 0 Å². The van der Waals surface area contributed by atoms with E-state index in [0.29, 0.717) is 107 Å². The Hall–Kier alpha value is -8.35. The summed E-state index contributed by atoms with van der Waals surface area (Å²) in [6.45, 7) is 15.0. The fourth-order valence-corrected chi connectivity index (χ4v) is 14.9. The molecular formula is C62H70N12O13S4. The predicted molar refractivity (Wildman–Crippen MR) is 342 cm³/mol. The number of carbonyl (C=O) groups excluding carboxylic acids is 3. The van der Waals surface area contributed by atoms with Crippen LogP contribution in [0.25, 0.3) is 67.3 Å².